The molecule has 29 heavy (non-hydrogen) atoms. The highest BCUT2D eigenvalue weighted by atomic mass is 32.2. The molecule has 0 saturated heterocycles. The summed E-state index contributed by atoms with van der Waals surface area (Å²) in [6.07, 6.45) is 2.84. The maximum absolute atomic E-state index is 12.4. The third-order valence-electron chi connectivity index (χ3n) is 4.87. The summed E-state index contributed by atoms with van der Waals surface area (Å²) >= 11 is 0. The van der Waals surface area contributed by atoms with Crippen molar-refractivity contribution in [1.82, 2.24) is 9.29 Å². The lowest BCUT2D eigenvalue weighted by Crippen LogP contribution is -2.30. The fourth-order valence-corrected chi connectivity index (χ4v) is 4.40. The molecule has 0 radical (unpaired) electrons. The summed E-state index contributed by atoms with van der Waals surface area (Å²) < 4.78 is 28.8. The molecule has 0 aliphatic rings. The number of nitrogens with zero attached hydrogens (tertiary/aromatic N) is 1. The van der Waals surface area contributed by atoms with Gasteiger partial charge in [-0.15, -0.1) is 0 Å². The van der Waals surface area contributed by atoms with Gasteiger partial charge in [0.05, 0.1) is 4.90 Å². The van der Waals surface area contributed by atoms with Gasteiger partial charge in [-0.2, -0.15) is 0 Å². The van der Waals surface area contributed by atoms with E-state index < -0.39 is 15.9 Å². The monoisotopic (exact) mass is 404 g/mol. The van der Waals surface area contributed by atoms with Gasteiger partial charge in [0.1, 0.15) is 0 Å². The number of sulfonamides is 1. The molecule has 0 saturated carbocycles. The van der Waals surface area contributed by atoms with Crippen molar-refractivity contribution in [1.29, 1.82) is 0 Å². The van der Waals surface area contributed by atoms with Crippen molar-refractivity contribution in [3.05, 3.63) is 102 Å². The van der Waals surface area contributed by atoms with E-state index in [-0.39, 0.29) is 4.90 Å². The number of amides is 1. The fourth-order valence-electron chi connectivity index (χ4n) is 3.40. The minimum atomic E-state index is -3.89. The van der Waals surface area contributed by atoms with Gasteiger partial charge in [-0.3, -0.25) is 4.79 Å². The third kappa shape index (κ3) is 3.93. The first-order valence-electron chi connectivity index (χ1n) is 9.18. The molecule has 0 aliphatic carbocycles. The molecule has 0 fully saturated rings. The van der Waals surface area contributed by atoms with Crippen molar-refractivity contribution in [2.24, 2.45) is 7.05 Å². The van der Waals surface area contributed by atoms with E-state index in [0.29, 0.717) is 5.56 Å². The number of benzene rings is 3. The van der Waals surface area contributed by atoms with Crippen LogP contribution in [0.5, 0.6) is 0 Å². The summed E-state index contributed by atoms with van der Waals surface area (Å²) in [7, 11) is -1.87. The topological polar surface area (TPSA) is 68.2 Å². The molecule has 146 valence electrons. The molecule has 1 amide bonds. The van der Waals surface area contributed by atoms with Gasteiger partial charge in [0.15, 0.2) is 0 Å². The van der Waals surface area contributed by atoms with E-state index in [0.717, 1.165) is 12.0 Å². The minimum Gasteiger partial charge on any atom is -0.350 e. The Labute approximate surface area is 169 Å². The first-order chi connectivity index (χ1) is 13.9. The number of hydrogen-bond acceptors (Lipinski definition) is 3. The van der Waals surface area contributed by atoms with Crippen LogP contribution in [0.25, 0.3) is 10.9 Å². The summed E-state index contributed by atoms with van der Waals surface area (Å²) in [5.74, 6) is -0.648. The van der Waals surface area contributed by atoms with Crippen molar-refractivity contribution >= 4 is 26.8 Å². The molecule has 4 rings (SSSR count). The van der Waals surface area contributed by atoms with Gasteiger partial charge in [-0.1, -0.05) is 48.5 Å². The molecule has 1 aromatic heterocycles. The van der Waals surface area contributed by atoms with Gasteiger partial charge in [0.2, 0.25) is 0 Å². The van der Waals surface area contributed by atoms with Crippen LogP contribution in [0, 0.1) is 0 Å². The van der Waals surface area contributed by atoms with Gasteiger partial charge in [-0.05, 0) is 47.9 Å². The van der Waals surface area contributed by atoms with Crippen LogP contribution in [0.1, 0.15) is 21.5 Å². The predicted molar refractivity (Wildman–Crippen MR) is 113 cm³/mol. The van der Waals surface area contributed by atoms with Crippen LogP contribution in [0.4, 0.5) is 0 Å². The van der Waals surface area contributed by atoms with Crippen molar-refractivity contribution in [3.8, 4) is 0 Å². The molecular weight excluding hydrogens is 384 g/mol. The lowest BCUT2D eigenvalue weighted by atomic mass is 10.0. The zero-order chi connectivity index (χ0) is 20.4. The molecule has 1 heterocycles. The highest BCUT2D eigenvalue weighted by molar-refractivity contribution is 7.90. The Hall–Kier alpha value is -3.38. The number of fused-ring (bicyclic) bond motifs is 1. The normalized spacial score (nSPS) is 11.5. The minimum absolute atomic E-state index is 0.0564. The van der Waals surface area contributed by atoms with Gasteiger partial charge in [-0.25, -0.2) is 13.1 Å². The maximum Gasteiger partial charge on any atom is 0.264 e. The number of hydrogen-bond donors (Lipinski definition) is 1. The molecule has 4 aromatic rings. The molecule has 0 bridgehead atoms. The molecule has 1 N–H and O–H groups in total. The van der Waals surface area contributed by atoms with E-state index in [2.05, 4.69) is 27.6 Å². The number of rotatable bonds is 5. The summed E-state index contributed by atoms with van der Waals surface area (Å²) in [6.45, 7) is 0. The van der Waals surface area contributed by atoms with Crippen molar-refractivity contribution in [2.45, 2.75) is 11.3 Å². The zero-order valence-corrected chi connectivity index (χ0v) is 16.7. The quantitative estimate of drug-likeness (QED) is 0.549. The van der Waals surface area contributed by atoms with Crippen LogP contribution in [0.2, 0.25) is 0 Å². The molecule has 0 aliphatic heterocycles. The summed E-state index contributed by atoms with van der Waals surface area (Å²) in [6, 6.07) is 23.1. The Bertz CT molecular complexity index is 1270. The van der Waals surface area contributed by atoms with Gasteiger partial charge in [0, 0.05) is 29.7 Å². The number of nitrogens with one attached hydrogen (secondary N) is 1. The molecule has 0 unspecified atom stereocenters. The molecule has 0 spiro atoms. The number of aromatic nitrogens is 1. The average molecular weight is 404 g/mol. The van der Waals surface area contributed by atoms with E-state index in [1.54, 1.807) is 30.3 Å². The van der Waals surface area contributed by atoms with Crippen LogP contribution in [-0.2, 0) is 23.5 Å². The SMILES string of the molecule is Cn1cc(Cc2ccc(C(=O)NS(=O)(=O)c3ccccc3)cc2)c2ccccc21. The van der Waals surface area contributed by atoms with Crippen LogP contribution >= 0.6 is 0 Å². The molecule has 6 heteroatoms. The highest BCUT2D eigenvalue weighted by Crippen LogP contribution is 2.23. The third-order valence-corrected chi connectivity index (χ3v) is 6.22. The standard InChI is InChI=1S/C23H20N2O3S/c1-25-16-19(21-9-5-6-10-22(21)25)15-17-11-13-18(14-12-17)23(26)24-29(27,28)20-7-3-2-4-8-20/h2-14,16H,15H2,1H3,(H,24,26). The Morgan fingerprint density at radius 2 is 1.55 bits per heavy atom. The lowest BCUT2D eigenvalue weighted by molar-refractivity contribution is 0.0981. The van der Waals surface area contributed by atoms with Crippen molar-refractivity contribution < 1.29 is 13.2 Å². The largest absolute Gasteiger partial charge is 0.350 e. The van der Waals surface area contributed by atoms with E-state index in [1.165, 1.54) is 28.6 Å². The van der Waals surface area contributed by atoms with Crippen molar-refractivity contribution in [2.75, 3.05) is 0 Å². The smallest absolute Gasteiger partial charge is 0.264 e. The van der Waals surface area contributed by atoms with Crippen LogP contribution < -0.4 is 4.72 Å². The Morgan fingerprint density at radius 1 is 0.897 bits per heavy atom. The lowest BCUT2D eigenvalue weighted by Gasteiger charge is -2.07. The average Bonchev–Trinajstić information content (AvgIpc) is 3.04. The Balaban J connectivity index is 1.51. The number of para-hydroxylation sites is 1. The zero-order valence-electron chi connectivity index (χ0n) is 15.9. The maximum atomic E-state index is 12.4. The fraction of sp³-hybridized carbons (Fsp3) is 0.0870. The van der Waals surface area contributed by atoms with E-state index in [1.807, 2.05) is 31.3 Å². The molecule has 5 nitrogen and oxygen atoms in total. The summed E-state index contributed by atoms with van der Waals surface area (Å²) in [4.78, 5) is 12.4. The first kappa shape index (κ1) is 19.0. The van der Waals surface area contributed by atoms with E-state index in [4.69, 9.17) is 0 Å². The molecule has 3 aromatic carbocycles. The number of carbonyl (C=O) groups is 1. The molecule has 0 atom stereocenters. The van der Waals surface area contributed by atoms with E-state index in [9.17, 15) is 13.2 Å². The predicted octanol–water partition coefficient (Wildman–Crippen LogP) is 3.89. The summed E-state index contributed by atoms with van der Waals surface area (Å²) in [5.41, 5.74) is 3.71. The van der Waals surface area contributed by atoms with Gasteiger partial charge < -0.3 is 4.57 Å². The van der Waals surface area contributed by atoms with E-state index >= 15 is 0 Å². The van der Waals surface area contributed by atoms with Gasteiger partial charge >= 0.3 is 0 Å². The Morgan fingerprint density at radius 3 is 2.28 bits per heavy atom. The second-order valence-electron chi connectivity index (χ2n) is 6.90. The Kier molecular flexibility index (Phi) is 4.94. The van der Waals surface area contributed by atoms with Crippen LogP contribution in [0.15, 0.2) is 90.0 Å². The van der Waals surface area contributed by atoms with Crippen LogP contribution in [0.3, 0.4) is 0 Å². The van der Waals surface area contributed by atoms with Gasteiger partial charge in [0.25, 0.3) is 15.9 Å². The second kappa shape index (κ2) is 7.56. The summed E-state index contributed by atoms with van der Waals surface area (Å²) in [5, 5.41) is 1.20. The second-order valence-corrected chi connectivity index (χ2v) is 8.59. The highest BCUT2D eigenvalue weighted by Gasteiger charge is 2.18. The number of carbonyl (C=O) groups excluding carboxylic acids is 1. The first-order valence-corrected chi connectivity index (χ1v) is 10.7. The van der Waals surface area contributed by atoms with Crippen LogP contribution in [-0.4, -0.2) is 18.9 Å². The molecular formula is C23H20N2O3S. The number of aryl methyl sites for hydroxylation is 1. The van der Waals surface area contributed by atoms with Crippen molar-refractivity contribution in [3.63, 3.8) is 0 Å².